The topological polar surface area (TPSA) is 38.3 Å². The Balaban J connectivity index is 3.73. The highest BCUT2D eigenvalue weighted by Crippen LogP contribution is 1.99. The lowest BCUT2D eigenvalue weighted by Gasteiger charge is -2.04. The molecule has 0 aliphatic rings. The maximum Gasteiger partial charge on any atom is 0.261 e. The van der Waals surface area contributed by atoms with Crippen molar-refractivity contribution in [2.24, 2.45) is 0 Å². The first kappa shape index (κ1) is 13.7. The van der Waals surface area contributed by atoms with Crippen LogP contribution in [-0.2, 0) is 9.53 Å². The van der Waals surface area contributed by atoms with Crippen molar-refractivity contribution in [1.29, 1.82) is 0 Å². The molecule has 15 heavy (non-hydrogen) atoms. The summed E-state index contributed by atoms with van der Waals surface area (Å²) in [7, 11) is 0. The van der Waals surface area contributed by atoms with E-state index in [1.165, 1.54) is 0 Å². The summed E-state index contributed by atoms with van der Waals surface area (Å²) in [5.74, 6) is -0.975. The maximum absolute atomic E-state index is 12.4. The number of carbonyl (C=O) groups is 1. The summed E-state index contributed by atoms with van der Waals surface area (Å²) in [6.07, 6.45) is 2.72. The van der Waals surface area contributed by atoms with Crippen LogP contribution in [-0.4, -0.2) is 12.5 Å². The molecule has 0 aromatic heterocycles. The Morgan fingerprint density at radius 1 is 1.67 bits per heavy atom. The summed E-state index contributed by atoms with van der Waals surface area (Å²) in [5, 5.41) is 2.50. The Labute approximate surface area is 93.2 Å². The average Bonchev–Trinajstić information content (AvgIpc) is 2.23. The molecule has 0 aliphatic heterocycles. The second-order valence-corrected chi connectivity index (χ2v) is 2.83. The lowest BCUT2D eigenvalue weighted by molar-refractivity contribution is -0.123. The number of ether oxygens (including phenoxy) is 1. The fourth-order valence-electron chi connectivity index (χ4n) is 0.595. The third-order valence-corrected chi connectivity index (χ3v) is 1.59. The quantitative estimate of drug-likeness (QED) is 0.566. The van der Waals surface area contributed by atoms with E-state index >= 15 is 0 Å². The van der Waals surface area contributed by atoms with Gasteiger partial charge in [0.05, 0.1) is 6.26 Å². The molecule has 0 aliphatic carbocycles. The molecule has 0 bridgehead atoms. The highest BCUT2D eigenvalue weighted by atomic mass is 35.5. The summed E-state index contributed by atoms with van der Waals surface area (Å²) < 4.78 is 17.1. The highest BCUT2D eigenvalue weighted by molar-refractivity contribution is 6.25. The lowest BCUT2D eigenvalue weighted by Crippen LogP contribution is -2.25. The number of amides is 1. The molecule has 3 nitrogen and oxygen atoms in total. The lowest BCUT2D eigenvalue weighted by atomic mass is 10.4. The van der Waals surface area contributed by atoms with Crippen LogP contribution in [0.15, 0.2) is 36.0 Å². The van der Waals surface area contributed by atoms with Gasteiger partial charge in [-0.15, -0.1) is 0 Å². The Hall–Kier alpha value is -1.29. The third-order valence-electron chi connectivity index (χ3n) is 1.39. The molecule has 84 valence electrons. The number of carbonyl (C=O) groups excluding carboxylic acids is 1. The number of nitrogens with one attached hydrogen (secondary N) is 1. The maximum atomic E-state index is 12.4. The van der Waals surface area contributed by atoms with Gasteiger partial charge >= 0.3 is 0 Å². The van der Waals surface area contributed by atoms with E-state index in [1.54, 1.807) is 0 Å². The minimum atomic E-state index is -0.643. The van der Waals surface area contributed by atoms with Gasteiger partial charge in [0.15, 0.2) is 6.61 Å². The molecule has 1 N–H and O–H groups in total. The first-order chi connectivity index (χ1) is 7.10. The zero-order valence-electron chi connectivity index (χ0n) is 8.43. The molecule has 0 atom stereocenters. The average molecular weight is 234 g/mol. The molecule has 0 rings (SSSR count). The summed E-state index contributed by atoms with van der Waals surface area (Å²) in [6, 6.07) is 0. The second-order valence-electron chi connectivity index (χ2n) is 2.61. The summed E-state index contributed by atoms with van der Waals surface area (Å²) in [6.45, 7) is 5.27. The van der Waals surface area contributed by atoms with Crippen molar-refractivity contribution in [3.05, 3.63) is 36.0 Å². The van der Waals surface area contributed by atoms with Gasteiger partial charge in [0, 0.05) is 17.3 Å². The zero-order valence-corrected chi connectivity index (χ0v) is 9.18. The van der Waals surface area contributed by atoms with Crippen molar-refractivity contribution < 1.29 is 13.9 Å². The van der Waals surface area contributed by atoms with Crippen molar-refractivity contribution in [2.45, 2.75) is 13.3 Å². The molecule has 0 unspecified atom stereocenters. The van der Waals surface area contributed by atoms with Gasteiger partial charge in [-0.1, -0.05) is 25.1 Å². The van der Waals surface area contributed by atoms with Gasteiger partial charge in [0.2, 0.25) is 0 Å². The van der Waals surface area contributed by atoms with Gasteiger partial charge in [-0.2, -0.15) is 0 Å². The molecule has 0 spiro atoms. The zero-order chi connectivity index (χ0) is 11.7. The standard InChI is InChI=1S/C10H13ClFNO2/c1-3-8(2)13-10(14)7-15-5-4-9(12)6-11/h4-6H,2-3,7H2,1H3,(H,13,14)/b5-4+,9-6-. The Morgan fingerprint density at radius 3 is 2.87 bits per heavy atom. The number of hydrogen-bond donors (Lipinski definition) is 1. The van der Waals surface area contributed by atoms with Crippen LogP contribution in [0.4, 0.5) is 4.39 Å². The first-order valence-corrected chi connectivity index (χ1v) is 4.75. The summed E-state index contributed by atoms with van der Waals surface area (Å²) in [4.78, 5) is 11.1. The molecule has 1 amide bonds. The van der Waals surface area contributed by atoms with Crippen molar-refractivity contribution in [3.8, 4) is 0 Å². The largest absolute Gasteiger partial charge is 0.491 e. The molecule has 0 heterocycles. The molecule has 0 radical (unpaired) electrons. The number of rotatable bonds is 6. The van der Waals surface area contributed by atoms with E-state index in [0.717, 1.165) is 17.9 Å². The van der Waals surface area contributed by atoms with Crippen LogP contribution in [0.3, 0.4) is 0 Å². The normalized spacial score (nSPS) is 11.5. The van der Waals surface area contributed by atoms with E-state index in [2.05, 4.69) is 11.9 Å². The number of halogens is 2. The Kier molecular flexibility index (Phi) is 7.36. The number of allylic oxidation sites excluding steroid dienone is 3. The van der Waals surface area contributed by atoms with Crippen molar-refractivity contribution >= 4 is 17.5 Å². The molecule has 5 heteroatoms. The van der Waals surface area contributed by atoms with Crippen LogP contribution in [0.1, 0.15) is 13.3 Å². The molecular weight excluding hydrogens is 221 g/mol. The van der Waals surface area contributed by atoms with Crippen LogP contribution in [0.5, 0.6) is 0 Å². The van der Waals surface area contributed by atoms with Crippen molar-refractivity contribution in [3.63, 3.8) is 0 Å². The second kappa shape index (κ2) is 8.05. The van der Waals surface area contributed by atoms with Crippen LogP contribution < -0.4 is 5.32 Å². The minimum absolute atomic E-state index is 0.189. The third kappa shape index (κ3) is 7.76. The van der Waals surface area contributed by atoms with Gasteiger partial charge in [0.1, 0.15) is 5.83 Å². The summed E-state index contributed by atoms with van der Waals surface area (Å²) in [5.41, 5.74) is 1.37. The van der Waals surface area contributed by atoms with Crippen LogP contribution in [0.25, 0.3) is 0 Å². The Morgan fingerprint density at radius 2 is 2.33 bits per heavy atom. The van der Waals surface area contributed by atoms with E-state index < -0.39 is 5.83 Å². The fourth-order valence-corrected chi connectivity index (χ4v) is 0.668. The van der Waals surface area contributed by atoms with Gasteiger partial charge in [-0.05, 0) is 6.42 Å². The molecule has 0 saturated heterocycles. The van der Waals surface area contributed by atoms with Gasteiger partial charge in [0.25, 0.3) is 5.91 Å². The molecule has 0 fully saturated rings. The van der Waals surface area contributed by atoms with E-state index in [4.69, 9.17) is 16.3 Å². The fraction of sp³-hybridized carbons (Fsp3) is 0.300. The summed E-state index contributed by atoms with van der Waals surface area (Å²) >= 11 is 5.05. The number of hydrogen-bond acceptors (Lipinski definition) is 2. The highest BCUT2D eigenvalue weighted by Gasteiger charge is 2.00. The predicted octanol–water partition coefficient (Wildman–Crippen LogP) is 2.61. The van der Waals surface area contributed by atoms with Crippen molar-refractivity contribution in [1.82, 2.24) is 5.32 Å². The molecule has 0 aromatic carbocycles. The Bertz CT molecular complexity index is 287. The van der Waals surface area contributed by atoms with Crippen molar-refractivity contribution in [2.75, 3.05) is 6.61 Å². The van der Waals surface area contributed by atoms with Crippen LogP contribution in [0, 0.1) is 0 Å². The van der Waals surface area contributed by atoms with E-state index in [-0.39, 0.29) is 12.5 Å². The van der Waals surface area contributed by atoms with E-state index in [1.807, 2.05) is 6.92 Å². The van der Waals surface area contributed by atoms with Crippen LogP contribution >= 0.6 is 11.6 Å². The molecule has 0 aromatic rings. The minimum Gasteiger partial charge on any atom is -0.491 e. The molecule has 0 saturated carbocycles. The monoisotopic (exact) mass is 233 g/mol. The molecular formula is C10H13ClFNO2. The SMILES string of the molecule is C=C(CC)NC(=O)CO/C=C/C(F)=C/Cl. The first-order valence-electron chi connectivity index (χ1n) is 4.31. The van der Waals surface area contributed by atoms with Crippen LogP contribution in [0.2, 0.25) is 0 Å². The smallest absolute Gasteiger partial charge is 0.261 e. The predicted molar refractivity (Wildman–Crippen MR) is 57.7 cm³/mol. The van der Waals surface area contributed by atoms with E-state index in [0.29, 0.717) is 12.1 Å². The van der Waals surface area contributed by atoms with E-state index in [9.17, 15) is 9.18 Å². The van der Waals surface area contributed by atoms with Gasteiger partial charge in [-0.3, -0.25) is 4.79 Å². The van der Waals surface area contributed by atoms with Gasteiger partial charge < -0.3 is 10.1 Å². The van der Waals surface area contributed by atoms with Gasteiger partial charge in [-0.25, -0.2) is 4.39 Å².